The zero-order chi connectivity index (χ0) is 10.1. The van der Waals surface area contributed by atoms with E-state index in [1.54, 1.807) is 0 Å². The Labute approximate surface area is 83.4 Å². The molecule has 0 saturated heterocycles. The first-order valence-corrected chi connectivity index (χ1v) is 4.59. The summed E-state index contributed by atoms with van der Waals surface area (Å²) >= 11 is 3.71. The van der Waals surface area contributed by atoms with Crippen LogP contribution in [0, 0.1) is 0 Å². The largest absolute Gasteiger partial charge is 0.573 e. The van der Waals surface area contributed by atoms with Gasteiger partial charge in [0.25, 0.3) is 0 Å². The number of carbonyl (C=O) groups is 1. The molecule has 1 aromatic heterocycles. The fourth-order valence-corrected chi connectivity index (χ4v) is 1.99. The Bertz CT molecular complexity index is 320. The Balaban J connectivity index is 2.98. The van der Waals surface area contributed by atoms with E-state index in [-0.39, 0.29) is 9.35 Å². The molecule has 0 spiro atoms. The van der Waals surface area contributed by atoms with Gasteiger partial charge in [0, 0.05) is 5.38 Å². The summed E-state index contributed by atoms with van der Waals surface area (Å²) in [6.07, 6.45) is -4.46. The highest BCUT2D eigenvalue weighted by Crippen LogP contribution is 2.37. The molecule has 1 rings (SSSR count). The average molecular weight is 275 g/mol. The molecule has 72 valence electrons. The number of ether oxygens (including phenoxy) is 1. The van der Waals surface area contributed by atoms with Gasteiger partial charge in [0.05, 0.1) is 4.47 Å². The maximum Gasteiger partial charge on any atom is 0.573 e. The van der Waals surface area contributed by atoms with Gasteiger partial charge in [-0.15, -0.1) is 24.5 Å². The van der Waals surface area contributed by atoms with Crippen LogP contribution in [0.25, 0.3) is 0 Å². The molecule has 0 unspecified atom stereocenters. The zero-order valence-corrected chi connectivity index (χ0v) is 8.29. The number of carbonyl (C=O) groups excluding carboxylic acids is 1. The number of aldehydes is 1. The highest BCUT2D eigenvalue weighted by molar-refractivity contribution is 9.10. The van der Waals surface area contributed by atoms with Crippen molar-refractivity contribution in [2.75, 3.05) is 0 Å². The number of thiophene rings is 1. The van der Waals surface area contributed by atoms with Crippen LogP contribution in [0.15, 0.2) is 9.85 Å². The van der Waals surface area contributed by atoms with Gasteiger partial charge in [-0.1, -0.05) is 0 Å². The van der Waals surface area contributed by atoms with E-state index in [2.05, 4.69) is 20.7 Å². The molecule has 13 heavy (non-hydrogen) atoms. The minimum atomic E-state index is -4.78. The van der Waals surface area contributed by atoms with E-state index < -0.39 is 12.1 Å². The number of hydrogen-bond donors (Lipinski definition) is 0. The lowest BCUT2D eigenvalue weighted by Gasteiger charge is -2.07. The van der Waals surface area contributed by atoms with Crippen molar-refractivity contribution >= 4 is 33.6 Å². The average Bonchev–Trinajstić information content (AvgIpc) is 2.30. The second-order valence-electron chi connectivity index (χ2n) is 1.94. The van der Waals surface area contributed by atoms with Gasteiger partial charge in [-0.25, -0.2) is 0 Å². The van der Waals surface area contributed by atoms with E-state index in [0.717, 1.165) is 11.3 Å². The molecule has 0 radical (unpaired) electrons. The molecule has 7 heteroatoms. The molecule has 1 aromatic rings. The van der Waals surface area contributed by atoms with Crippen LogP contribution in [0.5, 0.6) is 5.75 Å². The van der Waals surface area contributed by atoms with E-state index >= 15 is 0 Å². The molecule has 0 saturated carbocycles. The van der Waals surface area contributed by atoms with Gasteiger partial charge in [0.2, 0.25) is 0 Å². The summed E-state index contributed by atoms with van der Waals surface area (Å²) < 4.78 is 39.0. The SMILES string of the molecule is O=Cc1scc(Br)c1OC(F)(F)F. The molecule has 0 fully saturated rings. The molecular formula is C6H2BrF3O2S. The van der Waals surface area contributed by atoms with Gasteiger partial charge in [0.15, 0.2) is 12.0 Å². The van der Waals surface area contributed by atoms with Crippen LogP contribution in [0.3, 0.4) is 0 Å². The maximum absolute atomic E-state index is 11.8. The van der Waals surface area contributed by atoms with Gasteiger partial charge >= 0.3 is 6.36 Å². The molecule has 0 amide bonds. The Kier molecular flexibility index (Phi) is 2.97. The molecule has 0 aromatic carbocycles. The van der Waals surface area contributed by atoms with Crippen LogP contribution >= 0.6 is 27.3 Å². The predicted molar refractivity (Wildman–Crippen MR) is 44.1 cm³/mol. The van der Waals surface area contributed by atoms with Gasteiger partial charge in [-0.05, 0) is 15.9 Å². The Morgan fingerprint density at radius 3 is 2.62 bits per heavy atom. The lowest BCUT2D eigenvalue weighted by atomic mass is 10.4. The summed E-state index contributed by atoms with van der Waals surface area (Å²) in [5, 5.41) is 1.35. The molecule has 1 heterocycles. The Morgan fingerprint density at radius 1 is 1.54 bits per heavy atom. The van der Waals surface area contributed by atoms with Crippen molar-refractivity contribution < 1.29 is 22.7 Å². The number of halogens is 4. The number of alkyl halides is 3. The van der Waals surface area contributed by atoms with E-state index in [4.69, 9.17) is 0 Å². The molecule has 2 nitrogen and oxygen atoms in total. The molecule has 0 N–H and O–H groups in total. The number of hydrogen-bond acceptors (Lipinski definition) is 3. The highest BCUT2D eigenvalue weighted by Gasteiger charge is 2.33. The minimum absolute atomic E-state index is 0.0933. The summed E-state index contributed by atoms with van der Waals surface area (Å²) in [6, 6.07) is 0. The fraction of sp³-hybridized carbons (Fsp3) is 0.167. The Hall–Kier alpha value is -0.560. The topological polar surface area (TPSA) is 26.3 Å². The third kappa shape index (κ3) is 2.70. The van der Waals surface area contributed by atoms with E-state index in [1.807, 2.05) is 0 Å². The first kappa shape index (κ1) is 10.5. The van der Waals surface area contributed by atoms with Crippen molar-refractivity contribution in [3.63, 3.8) is 0 Å². The van der Waals surface area contributed by atoms with Crippen LogP contribution < -0.4 is 4.74 Å². The van der Waals surface area contributed by atoms with Crippen molar-refractivity contribution in [2.24, 2.45) is 0 Å². The van der Waals surface area contributed by atoms with Crippen molar-refractivity contribution in [2.45, 2.75) is 6.36 Å². The first-order chi connectivity index (χ1) is 5.94. The van der Waals surface area contributed by atoms with Crippen molar-refractivity contribution in [3.05, 3.63) is 14.7 Å². The molecular weight excluding hydrogens is 273 g/mol. The second-order valence-corrected chi connectivity index (χ2v) is 3.71. The molecule has 0 aliphatic carbocycles. The van der Waals surface area contributed by atoms with Crippen molar-refractivity contribution in [3.8, 4) is 5.75 Å². The van der Waals surface area contributed by atoms with Gasteiger partial charge in [0.1, 0.15) is 4.88 Å². The van der Waals surface area contributed by atoms with E-state index in [0.29, 0.717) is 6.29 Å². The second kappa shape index (κ2) is 3.67. The predicted octanol–water partition coefficient (Wildman–Crippen LogP) is 3.22. The first-order valence-electron chi connectivity index (χ1n) is 2.92. The fourth-order valence-electron chi connectivity index (χ4n) is 0.636. The summed E-state index contributed by atoms with van der Waals surface area (Å²) in [6.45, 7) is 0. The minimum Gasteiger partial charge on any atom is -0.403 e. The van der Waals surface area contributed by atoms with Gasteiger partial charge in [-0.3, -0.25) is 4.79 Å². The van der Waals surface area contributed by atoms with E-state index in [9.17, 15) is 18.0 Å². The standard InChI is InChI=1S/C6H2BrF3O2S/c7-3-2-13-4(1-11)5(3)12-6(8,9)10/h1-2H. The molecule has 0 bridgehead atoms. The quantitative estimate of drug-likeness (QED) is 0.774. The van der Waals surface area contributed by atoms with Crippen LogP contribution in [-0.4, -0.2) is 12.6 Å². The summed E-state index contributed by atoms with van der Waals surface area (Å²) in [4.78, 5) is 10.2. The molecule has 0 atom stereocenters. The Morgan fingerprint density at radius 2 is 2.15 bits per heavy atom. The van der Waals surface area contributed by atoms with Crippen LogP contribution in [0.1, 0.15) is 9.67 Å². The normalized spacial score (nSPS) is 11.4. The zero-order valence-electron chi connectivity index (χ0n) is 5.89. The monoisotopic (exact) mass is 274 g/mol. The third-order valence-corrected chi connectivity index (χ3v) is 2.84. The van der Waals surface area contributed by atoms with Gasteiger partial charge < -0.3 is 4.74 Å². The highest BCUT2D eigenvalue weighted by atomic mass is 79.9. The molecule has 0 aliphatic rings. The van der Waals surface area contributed by atoms with E-state index in [1.165, 1.54) is 5.38 Å². The van der Waals surface area contributed by atoms with Crippen LogP contribution in [-0.2, 0) is 0 Å². The van der Waals surface area contributed by atoms with Crippen LogP contribution in [0.4, 0.5) is 13.2 Å². The number of rotatable bonds is 2. The third-order valence-electron chi connectivity index (χ3n) is 1.05. The smallest absolute Gasteiger partial charge is 0.403 e. The maximum atomic E-state index is 11.8. The lowest BCUT2D eigenvalue weighted by molar-refractivity contribution is -0.274. The molecule has 0 aliphatic heterocycles. The summed E-state index contributed by atoms with van der Waals surface area (Å²) in [7, 11) is 0. The summed E-state index contributed by atoms with van der Waals surface area (Å²) in [5.74, 6) is -0.479. The van der Waals surface area contributed by atoms with Crippen LogP contribution in [0.2, 0.25) is 0 Å². The summed E-state index contributed by atoms with van der Waals surface area (Å²) in [5.41, 5.74) is 0. The van der Waals surface area contributed by atoms with Crippen molar-refractivity contribution in [1.29, 1.82) is 0 Å². The van der Waals surface area contributed by atoms with Gasteiger partial charge in [-0.2, -0.15) is 0 Å². The lowest BCUT2D eigenvalue weighted by Crippen LogP contribution is -2.17. The van der Waals surface area contributed by atoms with Crippen molar-refractivity contribution in [1.82, 2.24) is 0 Å².